The highest BCUT2D eigenvalue weighted by atomic mass is 19.1. The lowest BCUT2D eigenvalue weighted by Gasteiger charge is -2.27. The molecule has 0 fully saturated rings. The van der Waals surface area contributed by atoms with Crippen molar-refractivity contribution in [1.82, 2.24) is 9.55 Å². The van der Waals surface area contributed by atoms with Crippen LogP contribution in [0.15, 0.2) is 47.3 Å². The van der Waals surface area contributed by atoms with Gasteiger partial charge >= 0.3 is 6.09 Å². The Labute approximate surface area is 172 Å². The molecule has 2 aromatic carbocycles. The van der Waals surface area contributed by atoms with Crippen LogP contribution in [0, 0.1) is 17.1 Å². The first-order valence-corrected chi connectivity index (χ1v) is 9.38. The number of carbonyl (C=O) groups is 1. The lowest BCUT2D eigenvalue weighted by atomic mass is 10.2. The Morgan fingerprint density at radius 2 is 2.00 bits per heavy atom. The number of carbonyl (C=O) groups excluding carboxylic acids is 1. The predicted molar refractivity (Wildman–Crippen MR) is 111 cm³/mol. The molecule has 0 N–H and O–H groups in total. The van der Waals surface area contributed by atoms with Crippen LogP contribution in [0.1, 0.15) is 33.3 Å². The van der Waals surface area contributed by atoms with Crippen molar-refractivity contribution in [3.8, 4) is 11.8 Å². The fourth-order valence-electron chi connectivity index (χ4n) is 2.94. The first-order valence-electron chi connectivity index (χ1n) is 9.38. The molecule has 0 spiro atoms. The number of hydrogen-bond acceptors (Lipinski definition) is 5. The number of nitrogens with zero attached hydrogens (tertiary/aromatic N) is 4. The van der Waals surface area contributed by atoms with Gasteiger partial charge in [-0.1, -0.05) is 6.07 Å². The molecule has 1 heterocycles. The molecule has 0 aliphatic rings. The smallest absolute Gasteiger partial charge is 0.417 e. The number of benzene rings is 2. The van der Waals surface area contributed by atoms with Gasteiger partial charge in [0, 0.05) is 6.54 Å². The Kier molecular flexibility index (Phi) is 5.56. The monoisotopic (exact) mass is 408 g/mol. The molecule has 0 saturated heterocycles. The summed E-state index contributed by atoms with van der Waals surface area (Å²) in [5.41, 5.74) is -0.423. The average Bonchev–Trinajstić information content (AvgIpc) is 2.68. The molecule has 0 bridgehead atoms. The van der Waals surface area contributed by atoms with E-state index in [4.69, 9.17) is 4.74 Å². The second-order valence-electron chi connectivity index (χ2n) is 7.60. The summed E-state index contributed by atoms with van der Waals surface area (Å²) in [6, 6.07) is 12.0. The van der Waals surface area contributed by atoms with Gasteiger partial charge in [0.05, 0.1) is 28.2 Å². The van der Waals surface area contributed by atoms with Crippen LogP contribution in [-0.4, -0.2) is 27.8 Å². The minimum atomic E-state index is -0.754. The Morgan fingerprint density at radius 1 is 1.27 bits per heavy atom. The molecule has 0 radical (unpaired) electrons. The van der Waals surface area contributed by atoms with Crippen molar-refractivity contribution >= 4 is 22.9 Å². The molecule has 30 heavy (non-hydrogen) atoms. The molecule has 3 aromatic rings. The number of halogens is 1. The molecule has 7 nitrogen and oxygen atoms in total. The summed E-state index contributed by atoms with van der Waals surface area (Å²) in [6.07, 6.45) is -0.677. The van der Waals surface area contributed by atoms with Crippen LogP contribution < -0.4 is 10.5 Å². The summed E-state index contributed by atoms with van der Waals surface area (Å²) in [5, 5.41) is 9.30. The van der Waals surface area contributed by atoms with Gasteiger partial charge in [0.1, 0.15) is 11.4 Å². The first kappa shape index (κ1) is 21.0. The molecular formula is C22H21FN4O3. The van der Waals surface area contributed by atoms with Gasteiger partial charge in [-0.05, 0) is 64.1 Å². The number of fused-ring (bicyclic) bond motifs is 1. The third-order valence-corrected chi connectivity index (χ3v) is 4.22. The molecular weight excluding hydrogens is 387 g/mol. The van der Waals surface area contributed by atoms with Crippen molar-refractivity contribution in [2.45, 2.75) is 33.3 Å². The van der Waals surface area contributed by atoms with Gasteiger partial charge in [-0.15, -0.1) is 0 Å². The van der Waals surface area contributed by atoms with E-state index in [1.807, 2.05) is 6.07 Å². The third kappa shape index (κ3) is 4.15. The average molecular weight is 408 g/mol. The number of hydrogen-bond donors (Lipinski definition) is 0. The first-order chi connectivity index (χ1) is 14.1. The van der Waals surface area contributed by atoms with Gasteiger partial charge in [-0.3, -0.25) is 4.79 Å². The third-order valence-electron chi connectivity index (χ3n) is 4.22. The van der Waals surface area contributed by atoms with Crippen molar-refractivity contribution < 1.29 is 13.9 Å². The van der Waals surface area contributed by atoms with Crippen LogP contribution >= 0.6 is 0 Å². The fraction of sp³-hybridized carbons (Fsp3) is 0.273. The summed E-state index contributed by atoms with van der Waals surface area (Å²) < 4.78 is 20.5. The molecule has 154 valence electrons. The maximum Gasteiger partial charge on any atom is 0.417 e. The van der Waals surface area contributed by atoms with Crippen molar-refractivity contribution in [3.63, 3.8) is 0 Å². The predicted octanol–water partition coefficient (Wildman–Crippen LogP) is 4.16. The maximum absolute atomic E-state index is 13.8. The highest BCUT2D eigenvalue weighted by molar-refractivity contribution is 5.88. The largest absolute Gasteiger partial charge is 0.443 e. The van der Waals surface area contributed by atoms with Gasteiger partial charge in [-0.2, -0.15) is 5.26 Å². The molecule has 3 rings (SSSR count). The fourth-order valence-corrected chi connectivity index (χ4v) is 2.94. The molecule has 0 aliphatic heterocycles. The zero-order chi connectivity index (χ0) is 22.1. The molecule has 1 aromatic heterocycles. The van der Waals surface area contributed by atoms with Crippen LogP contribution in [0.3, 0.4) is 0 Å². The van der Waals surface area contributed by atoms with Crippen LogP contribution in [0.25, 0.3) is 16.6 Å². The summed E-state index contributed by atoms with van der Waals surface area (Å²) in [5.74, 6) is -0.558. The van der Waals surface area contributed by atoms with Gasteiger partial charge < -0.3 is 4.74 Å². The lowest BCUT2D eigenvalue weighted by molar-refractivity contribution is 0.0579. The Morgan fingerprint density at radius 3 is 2.63 bits per heavy atom. The molecule has 1 amide bonds. The van der Waals surface area contributed by atoms with E-state index in [-0.39, 0.29) is 23.4 Å². The summed E-state index contributed by atoms with van der Waals surface area (Å²) >= 11 is 0. The van der Waals surface area contributed by atoms with Gasteiger partial charge in [0.2, 0.25) is 5.95 Å². The molecule has 0 saturated carbocycles. The second-order valence-corrected chi connectivity index (χ2v) is 7.60. The SMILES string of the molecule is CCN(C(=O)OC(C)(C)C)c1nc2ccc(F)cc2c(=O)n1-c1cccc(C#N)c1. The highest BCUT2D eigenvalue weighted by Crippen LogP contribution is 2.22. The minimum Gasteiger partial charge on any atom is -0.443 e. The normalized spacial score (nSPS) is 11.2. The maximum atomic E-state index is 13.8. The van der Waals surface area contributed by atoms with Gasteiger partial charge in [0.25, 0.3) is 5.56 Å². The van der Waals surface area contributed by atoms with E-state index >= 15 is 0 Å². The quantitative estimate of drug-likeness (QED) is 0.649. The van der Waals surface area contributed by atoms with E-state index in [1.165, 1.54) is 27.7 Å². The number of ether oxygens (including phenoxy) is 1. The zero-order valence-corrected chi connectivity index (χ0v) is 17.1. The van der Waals surface area contributed by atoms with E-state index in [0.29, 0.717) is 11.3 Å². The Hall–Kier alpha value is -3.73. The van der Waals surface area contributed by atoms with Crippen LogP contribution in [0.2, 0.25) is 0 Å². The molecule has 0 atom stereocenters. The standard InChI is InChI=1S/C22H21FN4O3/c1-5-26(21(29)30-22(2,3)4)20-25-18-10-9-15(23)12-17(18)19(28)27(20)16-8-6-7-14(11-16)13-24/h6-12H,5H2,1-4H3. The lowest BCUT2D eigenvalue weighted by Crippen LogP contribution is -2.40. The van der Waals surface area contributed by atoms with E-state index in [0.717, 1.165) is 6.07 Å². The van der Waals surface area contributed by atoms with Gasteiger partial charge in [0.15, 0.2) is 0 Å². The molecule has 0 aliphatic carbocycles. The molecule has 0 unspecified atom stereocenters. The highest BCUT2D eigenvalue weighted by Gasteiger charge is 2.27. The van der Waals surface area contributed by atoms with E-state index in [2.05, 4.69) is 4.98 Å². The Balaban J connectivity index is 2.33. The number of aromatic nitrogens is 2. The number of nitriles is 1. The number of amides is 1. The Bertz CT molecular complexity index is 1220. The zero-order valence-electron chi connectivity index (χ0n) is 17.1. The minimum absolute atomic E-state index is 0.0194. The summed E-state index contributed by atoms with van der Waals surface area (Å²) in [4.78, 5) is 31.9. The van der Waals surface area contributed by atoms with Crippen molar-refractivity contribution in [2.24, 2.45) is 0 Å². The second kappa shape index (κ2) is 7.95. The van der Waals surface area contributed by atoms with Crippen LogP contribution in [0.4, 0.5) is 15.1 Å². The van der Waals surface area contributed by atoms with Crippen molar-refractivity contribution in [1.29, 1.82) is 5.26 Å². The van der Waals surface area contributed by atoms with Crippen LogP contribution in [-0.2, 0) is 4.74 Å². The van der Waals surface area contributed by atoms with Gasteiger partial charge in [-0.25, -0.2) is 23.6 Å². The van der Waals surface area contributed by atoms with Crippen LogP contribution in [0.5, 0.6) is 0 Å². The number of anilines is 1. The van der Waals surface area contributed by atoms with Crippen molar-refractivity contribution in [2.75, 3.05) is 11.4 Å². The summed E-state index contributed by atoms with van der Waals surface area (Å²) in [7, 11) is 0. The van der Waals surface area contributed by atoms with Crippen molar-refractivity contribution in [3.05, 3.63) is 64.2 Å². The van der Waals surface area contributed by atoms with E-state index in [1.54, 1.807) is 45.9 Å². The molecule has 8 heteroatoms. The summed E-state index contributed by atoms with van der Waals surface area (Å²) in [6.45, 7) is 7.10. The number of rotatable bonds is 3. The van der Waals surface area contributed by atoms with E-state index < -0.39 is 23.1 Å². The topological polar surface area (TPSA) is 88.2 Å². The van der Waals surface area contributed by atoms with E-state index in [9.17, 15) is 19.2 Å².